The maximum atomic E-state index is 11.4. The van der Waals surface area contributed by atoms with E-state index in [9.17, 15) is 4.79 Å². The highest BCUT2D eigenvalue weighted by atomic mass is 16.5. The topological polar surface area (TPSA) is 26.3 Å². The van der Waals surface area contributed by atoms with Crippen molar-refractivity contribution in [1.82, 2.24) is 0 Å². The zero-order valence-corrected chi connectivity index (χ0v) is 21.9. The Hall–Kier alpha value is -0.530. The van der Waals surface area contributed by atoms with E-state index in [1.165, 1.54) is 141 Å². The number of esters is 1. The average molecular weight is 439 g/mol. The fourth-order valence-electron chi connectivity index (χ4n) is 4.57. The third kappa shape index (κ3) is 25.6. The molecule has 0 atom stereocenters. The van der Waals surface area contributed by atoms with Crippen LogP contribution in [0.5, 0.6) is 0 Å². The Morgan fingerprint density at radius 1 is 0.484 bits per heavy atom. The molecule has 186 valence electrons. The molecule has 2 nitrogen and oxygen atoms in total. The predicted octanol–water partition coefficient (Wildman–Crippen LogP) is 10.3. The number of ether oxygens (including phenoxy) is 1. The van der Waals surface area contributed by atoms with Crippen molar-refractivity contribution in [2.75, 3.05) is 0 Å². The molecule has 31 heavy (non-hydrogen) atoms. The fraction of sp³-hybridized carbons (Fsp3) is 0.966. The number of hydrogen-bond donors (Lipinski definition) is 0. The molecule has 0 amide bonds. The first-order chi connectivity index (χ1) is 15.2. The highest BCUT2D eigenvalue weighted by Crippen LogP contribution is 2.18. The minimum Gasteiger partial charge on any atom is -0.463 e. The molecule has 0 saturated carbocycles. The molecule has 0 N–H and O–H groups in total. The van der Waals surface area contributed by atoms with Gasteiger partial charge in [-0.05, 0) is 25.7 Å². The summed E-state index contributed by atoms with van der Waals surface area (Å²) in [7, 11) is 0. The van der Waals surface area contributed by atoms with Gasteiger partial charge in [0.1, 0.15) is 6.10 Å². The SMILES string of the molecule is CCCCCCCCCCCCCC(CCCCCCCCCCCCC)OC(C)=O. The van der Waals surface area contributed by atoms with Gasteiger partial charge in [0.15, 0.2) is 0 Å². The average Bonchev–Trinajstić information content (AvgIpc) is 2.75. The van der Waals surface area contributed by atoms with Crippen LogP contribution in [0.25, 0.3) is 0 Å². The van der Waals surface area contributed by atoms with Gasteiger partial charge < -0.3 is 4.74 Å². The summed E-state index contributed by atoms with van der Waals surface area (Å²) in [6, 6.07) is 0. The predicted molar refractivity (Wildman–Crippen MR) is 138 cm³/mol. The quantitative estimate of drug-likeness (QED) is 0.105. The van der Waals surface area contributed by atoms with Gasteiger partial charge in [0.25, 0.3) is 0 Å². The van der Waals surface area contributed by atoms with Crippen molar-refractivity contribution in [3.8, 4) is 0 Å². The first-order valence-electron chi connectivity index (χ1n) is 14.4. The van der Waals surface area contributed by atoms with Gasteiger partial charge in [-0.2, -0.15) is 0 Å². The standard InChI is InChI=1S/C29H58O2/c1-4-6-8-10-12-14-16-18-20-22-24-26-29(31-28(3)30)27-25-23-21-19-17-15-13-11-9-7-5-2/h29H,4-27H2,1-3H3. The van der Waals surface area contributed by atoms with Crippen LogP contribution in [0.3, 0.4) is 0 Å². The van der Waals surface area contributed by atoms with E-state index in [4.69, 9.17) is 4.74 Å². The zero-order valence-electron chi connectivity index (χ0n) is 21.9. The second-order valence-corrected chi connectivity index (χ2v) is 9.88. The summed E-state index contributed by atoms with van der Waals surface area (Å²) in [5.41, 5.74) is 0. The van der Waals surface area contributed by atoms with E-state index in [1.54, 1.807) is 6.92 Å². The van der Waals surface area contributed by atoms with Crippen LogP contribution in [0.1, 0.15) is 175 Å². The van der Waals surface area contributed by atoms with E-state index in [0.29, 0.717) is 0 Å². The number of carbonyl (C=O) groups is 1. The van der Waals surface area contributed by atoms with Crippen molar-refractivity contribution in [3.05, 3.63) is 0 Å². The second kappa shape index (κ2) is 25.7. The highest BCUT2D eigenvalue weighted by Gasteiger charge is 2.11. The van der Waals surface area contributed by atoms with Gasteiger partial charge in [0.2, 0.25) is 0 Å². The lowest BCUT2D eigenvalue weighted by molar-refractivity contribution is -0.147. The lowest BCUT2D eigenvalue weighted by atomic mass is 10.0. The van der Waals surface area contributed by atoms with Crippen molar-refractivity contribution >= 4 is 5.97 Å². The Balaban J connectivity index is 3.54. The minimum atomic E-state index is -0.101. The van der Waals surface area contributed by atoms with Crippen LogP contribution in [0.2, 0.25) is 0 Å². The molecule has 0 aromatic rings. The molecule has 0 unspecified atom stereocenters. The summed E-state index contributed by atoms with van der Waals surface area (Å²) in [6.07, 6.45) is 32.4. The van der Waals surface area contributed by atoms with Gasteiger partial charge in [-0.15, -0.1) is 0 Å². The Kier molecular flexibility index (Phi) is 25.3. The van der Waals surface area contributed by atoms with Crippen molar-refractivity contribution in [2.24, 2.45) is 0 Å². The number of rotatable bonds is 25. The van der Waals surface area contributed by atoms with Crippen molar-refractivity contribution in [3.63, 3.8) is 0 Å². The third-order valence-electron chi connectivity index (χ3n) is 6.59. The van der Waals surface area contributed by atoms with Gasteiger partial charge >= 0.3 is 5.97 Å². The van der Waals surface area contributed by atoms with Crippen LogP contribution in [0.4, 0.5) is 0 Å². The fourth-order valence-corrected chi connectivity index (χ4v) is 4.57. The van der Waals surface area contributed by atoms with Gasteiger partial charge in [-0.1, -0.05) is 142 Å². The van der Waals surface area contributed by atoms with Gasteiger partial charge in [-0.3, -0.25) is 4.79 Å². The molecule has 0 saturated heterocycles. The summed E-state index contributed by atoms with van der Waals surface area (Å²) < 4.78 is 5.60. The first kappa shape index (κ1) is 30.5. The zero-order chi connectivity index (χ0) is 22.8. The van der Waals surface area contributed by atoms with Crippen molar-refractivity contribution < 1.29 is 9.53 Å². The van der Waals surface area contributed by atoms with E-state index in [0.717, 1.165) is 12.8 Å². The summed E-state index contributed by atoms with van der Waals surface area (Å²) in [6.45, 7) is 6.13. The summed E-state index contributed by atoms with van der Waals surface area (Å²) >= 11 is 0. The van der Waals surface area contributed by atoms with Crippen LogP contribution in [0, 0.1) is 0 Å². The maximum Gasteiger partial charge on any atom is 0.302 e. The molecule has 0 aromatic heterocycles. The van der Waals surface area contributed by atoms with E-state index in [2.05, 4.69) is 13.8 Å². The lowest BCUT2D eigenvalue weighted by Crippen LogP contribution is -2.16. The first-order valence-corrected chi connectivity index (χ1v) is 14.4. The molecule has 0 spiro atoms. The van der Waals surface area contributed by atoms with Crippen molar-refractivity contribution in [2.45, 2.75) is 181 Å². The largest absolute Gasteiger partial charge is 0.463 e. The van der Waals surface area contributed by atoms with E-state index in [-0.39, 0.29) is 12.1 Å². The molecule has 0 heterocycles. The third-order valence-corrected chi connectivity index (χ3v) is 6.59. The molecule has 0 radical (unpaired) electrons. The minimum absolute atomic E-state index is 0.101. The Labute approximate surface area is 196 Å². The van der Waals surface area contributed by atoms with Crippen LogP contribution >= 0.6 is 0 Å². The molecule has 0 aliphatic carbocycles. The highest BCUT2D eigenvalue weighted by molar-refractivity contribution is 5.66. The Bertz CT molecular complexity index is 327. The molecule has 0 aliphatic rings. The van der Waals surface area contributed by atoms with Crippen molar-refractivity contribution in [1.29, 1.82) is 0 Å². The lowest BCUT2D eigenvalue weighted by Gasteiger charge is -2.17. The normalized spacial score (nSPS) is 11.4. The molecular weight excluding hydrogens is 380 g/mol. The van der Waals surface area contributed by atoms with E-state index in [1.807, 2.05) is 0 Å². The Morgan fingerprint density at radius 2 is 0.742 bits per heavy atom. The van der Waals surface area contributed by atoms with Gasteiger partial charge in [0.05, 0.1) is 0 Å². The molecule has 0 aromatic carbocycles. The molecule has 0 fully saturated rings. The van der Waals surface area contributed by atoms with Crippen LogP contribution in [-0.2, 0) is 9.53 Å². The van der Waals surface area contributed by atoms with E-state index < -0.39 is 0 Å². The molecule has 0 aliphatic heterocycles. The molecule has 0 rings (SSSR count). The van der Waals surface area contributed by atoms with Crippen LogP contribution in [-0.4, -0.2) is 12.1 Å². The van der Waals surface area contributed by atoms with Crippen LogP contribution in [0.15, 0.2) is 0 Å². The monoisotopic (exact) mass is 438 g/mol. The summed E-state index contributed by atoms with van der Waals surface area (Å²) in [5.74, 6) is -0.101. The van der Waals surface area contributed by atoms with Gasteiger partial charge in [0, 0.05) is 6.92 Å². The maximum absolute atomic E-state index is 11.4. The summed E-state index contributed by atoms with van der Waals surface area (Å²) in [4.78, 5) is 11.4. The van der Waals surface area contributed by atoms with E-state index >= 15 is 0 Å². The molecule has 0 bridgehead atoms. The smallest absolute Gasteiger partial charge is 0.302 e. The summed E-state index contributed by atoms with van der Waals surface area (Å²) in [5, 5.41) is 0. The molecular formula is C29H58O2. The van der Waals surface area contributed by atoms with Gasteiger partial charge in [-0.25, -0.2) is 0 Å². The second-order valence-electron chi connectivity index (χ2n) is 9.88. The number of unbranched alkanes of at least 4 members (excludes halogenated alkanes) is 20. The molecule has 2 heteroatoms. The van der Waals surface area contributed by atoms with Crippen LogP contribution < -0.4 is 0 Å². The Morgan fingerprint density at radius 3 is 1.00 bits per heavy atom. The number of hydrogen-bond acceptors (Lipinski definition) is 2. The number of carbonyl (C=O) groups excluding carboxylic acids is 1.